The van der Waals surface area contributed by atoms with Gasteiger partial charge in [0.15, 0.2) is 0 Å². The number of nitrogens with one attached hydrogen (secondary N) is 2. The van der Waals surface area contributed by atoms with E-state index >= 15 is 0 Å². The molecular weight excluding hydrogens is 360 g/mol. The molecule has 0 saturated carbocycles. The summed E-state index contributed by atoms with van der Waals surface area (Å²) in [7, 11) is 1.90. The molecule has 0 radical (unpaired) electrons. The highest BCUT2D eigenvalue weighted by molar-refractivity contribution is 8.06. The largest absolute Gasteiger partial charge is 0.356 e. The van der Waals surface area contributed by atoms with E-state index in [1.807, 2.05) is 17.4 Å². The summed E-state index contributed by atoms with van der Waals surface area (Å²) in [5.41, 5.74) is 2.17. The lowest BCUT2D eigenvalue weighted by molar-refractivity contribution is -0.118. The Kier molecular flexibility index (Phi) is 6.86. The van der Waals surface area contributed by atoms with Crippen LogP contribution in [-0.2, 0) is 4.79 Å². The highest BCUT2D eigenvalue weighted by atomic mass is 32.2. The number of amides is 1. The predicted octanol–water partition coefficient (Wildman–Crippen LogP) is 2.86. The van der Waals surface area contributed by atoms with E-state index in [9.17, 15) is 10.1 Å². The molecule has 2 heterocycles. The molecule has 2 rings (SSSR count). The Morgan fingerprint density at radius 1 is 1.44 bits per heavy atom. The van der Waals surface area contributed by atoms with Crippen LogP contribution in [0.2, 0.25) is 0 Å². The molecule has 0 saturated heterocycles. The number of carbonyl (C=O) groups is 1. The fourth-order valence-corrected chi connectivity index (χ4v) is 3.45. The minimum atomic E-state index is -0.0361. The van der Waals surface area contributed by atoms with Gasteiger partial charge in [-0.05, 0) is 17.9 Å². The smallest absolute Gasteiger partial charge is 0.225 e. The molecule has 27 heavy (non-hydrogen) atoms. The van der Waals surface area contributed by atoms with E-state index in [1.165, 1.54) is 18.7 Å². The summed E-state index contributed by atoms with van der Waals surface area (Å²) < 4.78 is 0. The first-order valence-corrected chi connectivity index (χ1v) is 9.68. The molecule has 1 aromatic rings. The van der Waals surface area contributed by atoms with Crippen LogP contribution in [0.25, 0.3) is 5.57 Å². The van der Waals surface area contributed by atoms with Crippen molar-refractivity contribution in [3.05, 3.63) is 34.1 Å². The predicted molar refractivity (Wildman–Crippen MR) is 109 cm³/mol. The Morgan fingerprint density at radius 3 is 2.78 bits per heavy atom. The maximum absolute atomic E-state index is 10.9. The van der Waals surface area contributed by atoms with Gasteiger partial charge in [0.2, 0.25) is 11.9 Å². The zero-order valence-corrected chi connectivity index (χ0v) is 17.3. The fourth-order valence-electron chi connectivity index (χ4n) is 2.36. The monoisotopic (exact) mass is 386 g/mol. The normalized spacial score (nSPS) is 15.5. The molecule has 1 aliphatic rings. The third-order valence-electron chi connectivity index (χ3n) is 3.97. The van der Waals surface area contributed by atoms with Crippen molar-refractivity contribution < 1.29 is 4.79 Å². The number of rotatable bonds is 6. The van der Waals surface area contributed by atoms with Crippen LogP contribution in [-0.4, -0.2) is 36.0 Å². The average molecular weight is 387 g/mol. The second-order valence-corrected chi connectivity index (χ2v) is 8.22. The van der Waals surface area contributed by atoms with E-state index in [1.54, 1.807) is 12.3 Å². The molecule has 0 unspecified atom stereocenters. The molecule has 8 heteroatoms. The molecule has 1 amide bonds. The molecule has 0 fully saturated rings. The van der Waals surface area contributed by atoms with Gasteiger partial charge in [-0.25, -0.2) is 9.97 Å². The van der Waals surface area contributed by atoms with Crippen LogP contribution in [0.4, 0.5) is 5.95 Å². The third-order valence-corrected chi connectivity index (χ3v) is 4.87. The van der Waals surface area contributed by atoms with Crippen LogP contribution in [0.15, 0.2) is 28.4 Å². The fraction of sp³-hybridized carbons (Fsp3) is 0.474. The summed E-state index contributed by atoms with van der Waals surface area (Å²) in [4.78, 5) is 21.7. The van der Waals surface area contributed by atoms with Crippen molar-refractivity contribution in [3.63, 3.8) is 0 Å². The van der Waals surface area contributed by atoms with Gasteiger partial charge in [0.05, 0.1) is 10.7 Å². The maximum atomic E-state index is 10.9. The van der Waals surface area contributed by atoms with Crippen molar-refractivity contribution in [2.24, 2.45) is 5.41 Å². The van der Waals surface area contributed by atoms with E-state index in [0.717, 1.165) is 17.1 Å². The van der Waals surface area contributed by atoms with Crippen molar-refractivity contribution in [1.82, 2.24) is 20.6 Å². The van der Waals surface area contributed by atoms with Gasteiger partial charge in [-0.15, -0.1) is 0 Å². The van der Waals surface area contributed by atoms with Crippen molar-refractivity contribution in [2.75, 3.05) is 25.0 Å². The zero-order chi connectivity index (χ0) is 20.0. The number of thioether (sulfide) groups is 1. The van der Waals surface area contributed by atoms with Gasteiger partial charge in [-0.3, -0.25) is 4.79 Å². The molecule has 0 bridgehead atoms. The molecule has 1 aromatic heterocycles. The topological polar surface area (TPSA) is 93.9 Å². The molecule has 1 aliphatic heterocycles. The first kappa shape index (κ1) is 20.8. The van der Waals surface area contributed by atoms with E-state index in [4.69, 9.17) is 0 Å². The summed E-state index contributed by atoms with van der Waals surface area (Å²) >= 11 is 1.51. The van der Waals surface area contributed by atoms with E-state index in [0.29, 0.717) is 30.3 Å². The van der Waals surface area contributed by atoms with Crippen LogP contribution >= 0.6 is 11.8 Å². The van der Waals surface area contributed by atoms with Gasteiger partial charge in [-0.1, -0.05) is 32.5 Å². The summed E-state index contributed by atoms with van der Waals surface area (Å²) in [6, 6.07) is 4.02. The SMILES string of the molecule is CC(=O)NCCCN(C)c1nccc(/C(C#N)=C2/NC(C(C)(C)C)=CS2)n1. The number of hydrogen-bond donors (Lipinski definition) is 2. The summed E-state index contributed by atoms with van der Waals surface area (Å²) in [6.07, 6.45) is 2.45. The number of aromatic nitrogens is 2. The maximum Gasteiger partial charge on any atom is 0.225 e. The van der Waals surface area contributed by atoms with Crippen LogP contribution in [0.3, 0.4) is 0 Å². The lowest BCUT2D eigenvalue weighted by Gasteiger charge is -2.21. The van der Waals surface area contributed by atoms with Gasteiger partial charge >= 0.3 is 0 Å². The molecule has 0 atom stereocenters. The molecule has 0 aliphatic carbocycles. The van der Waals surface area contributed by atoms with Gasteiger partial charge in [0.25, 0.3) is 0 Å². The lowest BCUT2D eigenvalue weighted by atomic mass is 9.93. The highest BCUT2D eigenvalue weighted by Crippen LogP contribution is 2.37. The Bertz CT molecular complexity index is 803. The first-order valence-electron chi connectivity index (χ1n) is 8.80. The average Bonchev–Trinajstić information content (AvgIpc) is 3.09. The zero-order valence-electron chi connectivity index (χ0n) is 16.5. The molecule has 7 nitrogen and oxygen atoms in total. The van der Waals surface area contributed by atoms with Gasteiger partial charge in [0.1, 0.15) is 11.6 Å². The molecular formula is C19H26N6OS. The van der Waals surface area contributed by atoms with Crippen molar-refractivity contribution in [3.8, 4) is 6.07 Å². The Hall–Kier alpha value is -2.53. The lowest BCUT2D eigenvalue weighted by Crippen LogP contribution is -2.27. The second-order valence-electron chi connectivity index (χ2n) is 7.34. The number of nitrogens with zero attached hydrogens (tertiary/aromatic N) is 4. The minimum Gasteiger partial charge on any atom is -0.356 e. The molecule has 144 valence electrons. The number of carbonyl (C=O) groups excluding carboxylic acids is 1. The summed E-state index contributed by atoms with van der Waals surface area (Å²) in [6.45, 7) is 9.18. The second kappa shape index (κ2) is 8.91. The van der Waals surface area contributed by atoms with Crippen LogP contribution in [0.5, 0.6) is 0 Å². The van der Waals surface area contributed by atoms with E-state index in [-0.39, 0.29) is 11.3 Å². The Labute approximate surface area is 164 Å². The van der Waals surface area contributed by atoms with Gasteiger partial charge in [-0.2, -0.15) is 5.26 Å². The van der Waals surface area contributed by atoms with Crippen molar-refractivity contribution in [1.29, 1.82) is 5.26 Å². The van der Waals surface area contributed by atoms with E-state index < -0.39 is 0 Å². The number of hydrogen-bond acceptors (Lipinski definition) is 7. The summed E-state index contributed by atoms with van der Waals surface area (Å²) in [5.74, 6) is 0.515. The van der Waals surface area contributed by atoms with Crippen LogP contribution in [0, 0.1) is 16.7 Å². The Balaban J connectivity index is 2.13. The molecule has 0 spiro atoms. The quantitative estimate of drug-likeness (QED) is 0.573. The number of allylic oxidation sites excluding steroid dienone is 2. The highest BCUT2D eigenvalue weighted by Gasteiger charge is 2.25. The van der Waals surface area contributed by atoms with Crippen LogP contribution in [0.1, 0.15) is 39.8 Å². The summed E-state index contributed by atoms with van der Waals surface area (Å²) in [5, 5.41) is 18.6. The minimum absolute atomic E-state index is 0.0136. The van der Waals surface area contributed by atoms with Crippen LogP contribution < -0.4 is 15.5 Å². The Morgan fingerprint density at radius 2 is 2.19 bits per heavy atom. The van der Waals surface area contributed by atoms with Gasteiger partial charge in [0, 0.05) is 44.4 Å². The third kappa shape index (κ3) is 5.73. The molecule has 0 aromatic carbocycles. The number of anilines is 1. The van der Waals surface area contributed by atoms with Gasteiger partial charge < -0.3 is 15.5 Å². The van der Waals surface area contributed by atoms with Crippen molar-refractivity contribution >= 4 is 29.2 Å². The standard InChI is InChI=1S/C19H26N6OS/c1-13(26)21-8-6-10-25(5)18-22-9-7-15(23-18)14(11-20)17-24-16(12-27-17)19(2,3)4/h7,9,12,24H,6,8,10H2,1-5H3,(H,21,26)/b17-14-. The number of nitriles is 1. The molecule has 2 N–H and O–H groups in total. The van der Waals surface area contributed by atoms with Crippen molar-refractivity contribution in [2.45, 2.75) is 34.1 Å². The first-order chi connectivity index (χ1) is 12.7. The van der Waals surface area contributed by atoms with E-state index in [2.05, 4.69) is 47.4 Å².